The number of aliphatic hydroxyl groups is 2. The number of nitrogens with two attached hydrogens (primary N) is 1. The van der Waals surface area contributed by atoms with Gasteiger partial charge in [-0.15, -0.1) is 0 Å². The fraction of sp³-hybridized carbons (Fsp3) is 0.571. The zero-order valence-electron chi connectivity index (χ0n) is 19.8. The molecule has 0 spiro atoms. The van der Waals surface area contributed by atoms with Gasteiger partial charge in [0.15, 0.2) is 22.0 Å². The molecule has 1 aliphatic heterocycles. The fourth-order valence-corrected chi connectivity index (χ4v) is 4.49. The summed E-state index contributed by atoms with van der Waals surface area (Å²) in [5.41, 5.74) is 6.11. The lowest BCUT2D eigenvalue weighted by Gasteiger charge is -2.23. The highest BCUT2D eigenvalue weighted by atomic mass is 32.2. The van der Waals surface area contributed by atoms with Crippen LogP contribution in [0.4, 0.5) is 5.69 Å². The number of nitrogens with zero attached hydrogens (tertiary/aromatic N) is 1. The molecular formula is C21H33N3O10S. The number of aliphatic hydroxyl groups excluding tert-OH is 2. The van der Waals surface area contributed by atoms with E-state index in [9.17, 15) is 22.8 Å². The van der Waals surface area contributed by atoms with Crippen molar-refractivity contribution in [1.82, 2.24) is 10.2 Å². The zero-order valence-corrected chi connectivity index (χ0v) is 20.6. The number of methoxy groups -OCH3 is 1. The summed E-state index contributed by atoms with van der Waals surface area (Å²) in [5.74, 6) is -3.71. The number of rotatable bonds is 10. The van der Waals surface area contributed by atoms with Gasteiger partial charge in [-0.2, -0.15) is 0 Å². The summed E-state index contributed by atoms with van der Waals surface area (Å²) in [6.07, 6.45) is -2.36. The highest BCUT2D eigenvalue weighted by molar-refractivity contribution is 7.91. The Labute approximate surface area is 203 Å². The van der Waals surface area contributed by atoms with Crippen LogP contribution in [-0.2, 0) is 19.4 Å². The third kappa shape index (κ3) is 8.06. The third-order valence-electron chi connectivity index (χ3n) is 5.50. The number of carboxylic acid groups (broad SMARTS) is 2. The molecule has 13 nitrogen and oxygen atoms in total. The van der Waals surface area contributed by atoms with Crippen LogP contribution in [0, 0.1) is 0 Å². The van der Waals surface area contributed by atoms with Crippen molar-refractivity contribution in [2.75, 3.05) is 38.2 Å². The normalized spacial score (nSPS) is 17.6. The van der Waals surface area contributed by atoms with Crippen molar-refractivity contribution in [3.8, 4) is 5.75 Å². The first kappa shape index (κ1) is 30.1. The van der Waals surface area contributed by atoms with Crippen molar-refractivity contribution in [3.05, 3.63) is 17.7 Å². The molecular weight excluding hydrogens is 486 g/mol. The Morgan fingerprint density at radius 2 is 1.74 bits per heavy atom. The summed E-state index contributed by atoms with van der Waals surface area (Å²) < 4.78 is 29.6. The lowest BCUT2D eigenvalue weighted by atomic mass is 10.1. The van der Waals surface area contributed by atoms with Crippen molar-refractivity contribution in [2.45, 2.75) is 49.8 Å². The van der Waals surface area contributed by atoms with Crippen molar-refractivity contribution >= 4 is 33.4 Å². The zero-order chi connectivity index (χ0) is 26.9. The van der Waals surface area contributed by atoms with E-state index in [0.717, 1.165) is 25.9 Å². The first-order valence-corrected chi connectivity index (χ1v) is 12.5. The maximum atomic E-state index is 12.6. The monoisotopic (exact) mass is 519 g/mol. The van der Waals surface area contributed by atoms with Gasteiger partial charge in [-0.1, -0.05) is 13.8 Å². The second kappa shape index (κ2) is 13.2. The number of aliphatic carboxylic acids is 2. The first-order chi connectivity index (χ1) is 16.3. The number of likely N-dealkylation sites (N-methyl/N-ethyl adjacent to an activating group) is 1. The molecule has 0 aliphatic carbocycles. The summed E-state index contributed by atoms with van der Waals surface area (Å²) >= 11 is 0. The minimum Gasteiger partial charge on any atom is -0.496 e. The molecule has 0 aromatic heterocycles. The molecule has 0 saturated carbocycles. The molecule has 7 N–H and O–H groups in total. The summed E-state index contributed by atoms with van der Waals surface area (Å²) in [6.45, 7) is 6.16. The van der Waals surface area contributed by atoms with Crippen LogP contribution < -0.4 is 15.8 Å². The van der Waals surface area contributed by atoms with E-state index in [1.807, 2.05) is 0 Å². The Morgan fingerprint density at radius 3 is 2.20 bits per heavy atom. The molecule has 2 rings (SSSR count). The van der Waals surface area contributed by atoms with Gasteiger partial charge >= 0.3 is 11.9 Å². The summed E-state index contributed by atoms with van der Waals surface area (Å²) in [7, 11) is -2.10. The summed E-state index contributed by atoms with van der Waals surface area (Å²) in [5, 5.41) is 35.4. The van der Waals surface area contributed by atoms with Crippen molar-refractivity contribution < 1.29 is 48.0 Å². The van der Waals surface area contributed by atoms with E-state index in [1.165, 1.54) is 26.2 Å². The number of carbonyl (C=O) groups is 3. The third-order valence-corrected chi connectivity index (χ3v) is 7.28. The lowest BCUT2D eigenvalue weighted by molar-refractivity contribution is -0.165. The average molecular weight is 520 g/mol. The number of nitrogen functional groups attached to an aromatic ring is 1. The Bertz CT molecular complexity index is 997. The van der Waals surface area contributed by atoms with Gasteiger partial charge in [0.05, 0.1) is 29.0 Å². The number of ether oxygens (including phenoxy) is 1. The van der Waals surface area contributed by atoms with Gasteiger partial charge in [-0.05, 0) is 32.0 Å². The highest BCUT2D eigenvalue weighted by Gasteiger charge is 2.29. The van der Waals surface area contributed by atoms with E-state index >= 15 is 0 Å². The molecule has 1 fully saturated rings. The number of sulfone groups is 1. The molecule has 35 heavy (non-hydrogen) atoms. The number of benzene rings is 1. The number of hydrogen-bond acceptors (Lipinski definition) is 10. The Morgan fingerprint density at radius 1 is 1.17 bits per heavy atom. The van der Waals surface area contributed by atoms with Crippen LogP contribution in [0.3, 0.4) is 0 Å². The van der Waals surface area contributed by atoms with Crippen LogP contribution in [0.1, 0.15) is 37.0 Å². The topological polar surface area (TPSA) is 217 Å². The van der Waals surface area contributed by atoms with Gasteiger partial charge in [0, 0.05) is 18.7 Å². The molecule has 1 aromatic carbocycles. The minimum absolute atomic E-state index is 0.0306. The van der Waals surface area contributed by atoms with E-state index in [1.54, 1.807) is 0 Å². The van der Waals surface area contributed by atoms with E-state index in [-0.39, 0.29) is 33.6 Å². The van der Waals surface area contributed by atoms with E-state index in [0.29, 0.717) is 12.6 Å². The van der Waals surface area contributed by atoms with Crippen molar-refractivity contribution in [2.24, 2.45) is 0 Å². The minimum atomic E-state index is -3.52. The largest absolute Gasteiger partial charge is 0.496 e. The second-order valence-electron chi connectivity index (χ2n) is 7.69. The average Bonchev–Trinajstić information content (AvgIpc) is 3.28. The summed E-state index contributed by atoms with van der Waals surface area (Å²) in [6, 6.07) is 3.02. The fourth-order valence-electron chi connectivity index (χ4n) is 3.47. The Kier molecular flexibility index (Phi) is 11.4. The van der Waals surface area contributed by atoms with E-state index < -0.39 is 34.0 Å². The number of likely N-dealkylation sites (tertiary alicyclic amines) is 1. The number of carbonyl (C=O) groups excluding carboxylic acids is 1. The van der Waals surface area contributed by atoms with Crippen LogP contribution in [0.5, 0.6) is 5.75 Å². The predicted molar refractivity (Wildman–Crippen MR) is 125 cm³/mol. The number of carboxylic acids is 2. The maximum absolute atomic E-state index is 12.6. The van der Waals surface area contributed by atoms with E-state index in [2.05, 4.69) is 17.1 Å². The van der Waals surface area contributed by atoms with Crippen LogP contribution >= 0.6 is 0 Å². The molecule has 1 aliphatic rings. The standard InChI is InChI=1S/C17H27N3O4S.C4H6O6/c1-4-20-8-6-7-12(20)11-19-17(21)13-9-16(25(22,23)5-2)14(18)10-15(13)24-3;5-1(3(7)8)2(6)4(9)10/h9-10,12H,4-8,11,18H2,1-3H3,(H,19,21);1-2,5-6H,(H,7,8)(H,9,10). The molecule has 1 heterocycles. The SMILES string of the molecule is CCN1CCCC1CNC(=O)c1cc(S(=O)(=O)CC)c(N)cc1OC.O=C(O)C(O)C(O)C(=O)O. The molecule has 1 saturated heterocycles. The second-order valence-corrected chi connectivity index (χ2v) is 9.94. The maximum Gasteiger partial charge on any atom is 0.335 e. The van der Waals surface area contributed by atoms with Crippen LogP contribution in [0.15, 0.2) is 17.0 Å². The molecule has 198 valence electrons. The van der Waals surface area contributed by atoms with Gasteiger partial charge in [-0.3, -0.25) is 9.69 Å². The molecule has 0 bridgehead atoms. The quantitative estimate of drug-likeness (QED) is 0.209. The molecule has 1 amide bonds. The van der Waals surface area contributed by atoms with Crippen LogP contribution in [-0.4, -0.2) is 102 Å². The Balaban J connectivity index is 0.000000518. The first-order valence-electron chi connectivity index (χ1n) is 10.8. The summed E-state index contributed by atoms with van der Waals surface area (Å²) in [4.78, 5) is 34.4. The molecule has 1 aromatic rings. The van der Waals surface area contributed by atoms with Crippen molar-refractivity contribution in [1.29, 1.82) is 0 Å². The molecule has 3 unspecified atom stereocenters. The van der Waals surface area contributed by atoms with Crippen LogP contribution in [0.2, 0.25) is 0 Å². The predicted octanol–water partition coefficient (Wildman–Crippen LogP) is -0.837. The van der Waals surface area contributed by atoms with Crippen molar-refractivity contribution in [3.63, 3.8) is 0 Å². The molecule has 3 atom stereocenters. The van der Waals surface area contributed by atoms with E-state index in [4.69, 9.17) is 30.9 Å². The number of amides is 1. The molecule has 0 radical (unpaired) electrons. The van der Waals surface area contributed by atoms with Gasteiger partial charge < -0.3 is 36.2 Å². The van der Waals surface area contributed by atoms with Gasteiger partial charge in [0.25, 0.3) is 5.91 Å². The molecule has 14 heteroatoms. The van der Waals surface area contributed by atoms with Gasteiger partial charge in [-0.25, -0.2) is 18.0 Å². The Hall–Kier alpha value is -2.94. The highest BCUT2D eigenvalue weighted by Crippen LogP contribution is 2.29. The lowest BCUT2D eigenvalue weighted by Crippen LogP contribution is -2.40. The van der Waals surface area contributed by atoms with Gasteiger partial charge in [0.2, 0.25) is 0 Å². The smallest absolute Gasteiger partial charge is 0.335 e. The number of nitrogens with one attached hydrogen (secondary N) is 1. The van der Waals surface area contributed by atoms with Crippen LogP contribution in [0.25, 0.3) is 0 Å². The number of anilines is 1. The van der Waals surface area contributed by atoms with Gasteiger partial charge in [0.1, 0.15) is 5.75 Å². The number of hydrogen-bond donors (Lipinski definition) is 6.